The van der Waals surface area contributed by atoms with Crippen LogP contribution >= 0.6 is 0 Å². The lowest BCUT2D eigenvalue weighted by Crippen LogP contribution is -2.26. The second-order valence-electron chi connectivity index (χ2n) is 6.63. The van der Waals surface area contributed by atoms with Crippen LogP contribution in [0.15, 0.2) is 36.5 Å². The normalized spacial score (nSPS) is 11.7. The van der Waals surface area contributed by atoms with Gasteiger partial charge in [0.05, 0.1) is 5.52 Å². The zero-order valence-electron chi connectivity index (χ0n) is 17.1. The van der Waals surface area contributed by atoms with Gasteiger partial charge in [0, 0.05) is 29.8 Å². The molecule has 3 aromatic rings. The van der Waals surface area contributed by atoms with Crippen LogP contribution in [-0.4, -0.2) is 28.0 Å². The van der Waals surface area contributed by atoms with E-state index in [0.717, 1.165) is 53.7 Å². The number of aldehydes is 2. The summed E-state index contributed by atoms with van der Waals surface area (Å²) in [6.45, 7) is 4.00. The minimum atomic E-state index is -0.629. The third-order valence-electron chi connectivity index (χ3n) is 4.89. The molecule has 1 atom stereocenters. The number of hydrogen-bond donors (Lipinski definition) is 1. The van der Waals surface area contributed by atoms with Gasteiger partial charge in [-0.05, 0) is 49.4 Å². The molecule has 0 saturated carbocycles. The average molecular weight is 396 g/mol. The van der Waals surface area contributed by atoms with E-state index in [0.29, 0.717) is 18.5 Å². The molecule has 2 N–H and O–H groups in total. The van der Waals surface area contributed by atoms with E-state index >= 15 is 0 Å². The first-order valence-electron chi connectivity index (χ1n) is 10.2. The Hall–Kier alpha value is -3.02. The average Bonchev–Trinajstić information content (AvgIpc) is 3.08. The molecule has 6 heteroatoms. The fourth-order valence-electron chi connectivity index (χ4n) is 3.69. The molecule has 1 aromatic carbocycles. The molecule has 0 spiro atoms. The van der Waals surface area contributed by atoms with Gasteiger partial charge in [0.1, 0.15) is 24.3 Å². The Bertz CT molecular complexity index is 978. The molecule has 154 valence electrons. The van der Waals surface area contributed by atoms with E-state index in [9.17, 15) is 14.4 Å². The van der Waals surface area contributed by atoms with Gasteiger partial charge in [-0.15, -0.1) is 0 Å². The van der Waals surface area contributed by atoms with E-state index in [4.69, 9.17) is 5.73 Å². The first kappa shape index (κ1) is 22.3. The van der Waals surface area contributed by atoms with Crippen LogP contribution in [0.3, 0.4) is 0 Å². The summed E-state index contributed by atoms with van der Waals surface area (Å²) in [6, 6.07) is 9.24. The predicted molar refractivity (Wildman–Crippen MR) is 116 cm³/mol. The zero-order chi connectivity index (χ0) is 21.2. The van der Waals surface area contributed by atoms with Crippen LogP contribution in [0.2, 0.25) is 0 Å². The van der Waals surface area contributed by atoms with Crippen LogP contribution in [0.5, 0.6) is 0 Å². The van der Waals surface area contributed by atoms with E-state index < -0.39 is 11.9 Å². The Morgan fingerprint density at radius 2 is 1.86 bits per heavy atom. The molecule has 0 fully saturated rings. The van der Waals surface area contributed by atoms with E-state index in [-0.39, 0.29) is 6.42 Å². The Kier molecular flexibility index (Phi) is 8.52. The van der Waals surface area contributed by atoms with Crippen LogP contribution in [0.25, 0.3) is 21.9 Å². The van der Waals surface area contributed by atoms with Gasteiger partial charge >= 0.3 is 0 Å². The first-order valence-corrected chi connectivity index (χ1v) is 10.2. The highest BCUT2D eigenvalue weighted by atomic mass is 16.1. The number of rotatable bonds is 10. The van der Waals surface area contributed by atoms with Crippen molar-refractivity contribution < 1.29 is 14.4 Å². The number of carbonyl (C=O) groups is 3. The third kappa shape index (κ3) is 4.88. The molecule has 1 amide bonds. The number of fused-ring (bicyclic) bond motifs is 3. The monoisotopic (exact) mass is 395 g/mol. The number of amides is 1. The molecule has 0 bridgehead atoms. The van der Waals surface area contributed by atoms with Gasteiger partial charge in [-0.1, -0.05) is 26.0 Å². The number of nitrogens with zero attached hydrogens (tertiary/aromatic N) is 2. The number of benzene rings is 1. The Morgan fingerprint density at radius 3 is 2.55 bits per heavy atom. The van der Waals surface area contributed by atoms with E-state index in [1.807, 2.05) is 42.7 Å². The predicted octanol–water partition coefficient (Wildman–Crippen LogP) is 4.13. The summed E-state index contributed by atoms with van der Waals surface area (Å²) in [5, 5.41) is 2.03. The smallest absolute Gasteiger partial charge is 0.240 e. The minimum Gasteiger partial charge on any atom is -0.368 e. The standard InChI is InChI=1S/C21H23N3O3.C2H6/c22-20(27)18(11-6-14-26)24-17-10-4-8-15(7-2-1-3-13-25)19(17)16-9-5-12-23-21(16)24;1-2/h4-5,8-10,12-14,18H,1-3,6-7,11H2,(H2,22,27);1-2H3. The fourth-order valence-corrected chi connectivity index (χ4v) is 3.69. The second kappa shape index (κ2) is 11.1. The summed E-state index contributed by atoms with van der Waals surface area (Å²) < 4.78 is 1.87. The van der Waals surface area contributed by atoms with Crippen LogP contribution < -0.4 is 5.73 Å². The Labute approximate surface area is 171 Å². The number of aromatic nitrogens is 2. The van der Waals surface area contributed by atoms with E-state index in [2.05, 4.69) is 11.1 Å². The molecule has 2 heterocycles. The van der Waals surface area contributed by atoms with E-state index in [1.165, 1.54) is 0 Å². The van der Waals surface area contributed by atoms with Gasteiger partial charge < -0.3 is 19.9 Å². The molecule has 0 radical (unpaired) electrons. The summed E-state index contributed by atoms with van der Waals surface area (Å²) in [4.78, 5) is 38.0. The number of unbranched alkanes of at least 4 members (excludes halogenated alkanes) is 2. The SMILES string of the molecule is CC.NC(=O)C(CCC=O)n1c2cccc(CCCCC=O)c2c2cccnc21. The summed E-state index contributed by atoms with van der Waals surface area (Å²) in [5.74, 6) is -0.474. The maximum Gasteiger partial charge on any atom is 0.240 e. The van der Waals surface area contributed by atoms with Gasteiger partial charge in [0.15, 0.2) is 0 Å². The zero-order valence-corrected chi connectivity index (χ0v) is 17.1. The summed E-state index contributed by atoms with van der Waals surface area (Å²) >= 11 is 0. The van der Waals surface area contributed by atoms with Crippen LogP contribution in [0.1, 0.15) is 57.6 Å². The van der Waals surface area contributed by atoms with Crippen LogP contribution in [0, 0.1) is 0 Å². The highest BCUT2D eigenvalue weighted by Gasteiger charge is 2.24. The van der Waals surface area contributed by atoms with Crippen molar-refractivity contribution in [3.8, 4) is 0 Å². The van der Waals surface area contributed by atoms with Crippen molar-refractivity contribution in [1.29, 1.82) is 0 Å². The lowest BCUT2D eigenvalue weighted by Gasteiger charge is -2.16. The quantitative estimate of drug-likeness (QED) is 0.412. The number of carbonyl (C=O) groups excluding carboxylic acids is 3. The van der Waals surface area contributed by atoms with Gasteiger partial charge in [-0.2, -0.15) is 0 Å². The Balaban J connectivity index is 0.00000145. The largest absolute Gasteiger partial charge is 0.368 e. The van der Waals surface area contributed by atoms with Gasteiger partial charge in [0.25, 0.3) is 0 Å². The fraction of sp³-hybridized carbons (Fsp3) is 0.391. The molecule has 2 aromatic heterocycles. The number of pyridine rings is 1. The lowest BCUT2D eigenvalue weighted by atomic mass is 10.0. The van der Waals surface area contributed by atoms with Gasteiger partial charge in [-0.3, -0.25) is 4.79 Å². The number of aryl methyl sites for hydroxylation is 1. The minimum absolute atomic E-state index is 0.257. The lowest BCUT2D eigenvalue weighted by molar-refractivity contribution is -0.121. The van der Waals surface area contributed by atoms with Crippen molar-refractivity contribution in [1.82, 2.24) is 9.55 Å². The topological polar surface area (TPSA) is 95.0 Å². The third-order valence-corrected chi connectivity index (χ3v) is 4.89. The van der Waals surface area contributed by atoms with Crippen molar-refractivity contribution >= 4 is 40.4 Å². The van der Waals surface area contributed by atoms with Crippen molar-refractivity contribution in [2.75, 3.05) is 0 Å². The van der Waals surface area contributed by atoms with Crippen LogP contribution in [-0.2, 0) is 20.8 Å². The highest BCUT2D eigenvalue weighted by molar-refractivity contribution is 6.09. The molecule has 6 nitrogen and oxygen atoms in total. The molecule has 0 aliphatic heterocycles. The molecule has 3 rings (SSSR count). The molecular formula is C23H29N3O3. The summed E-state index contributed by atoms with van der Waals surface area (Å²) in [7, 11) is 0. The number of primary amides is 1. The molecule has 0 aliphatic rings. The second-order valence-corrected chi connectivity index (χ2v) is 6.63. The molecule has 0 aliphatic carbocycles. The number of nitrogens with two attached hydrogens (primary N) is 1. The number of hydrogen-bond acceptors (Lipinski definition) is 4. The highest BCUT2D eigenvalue weighted by Crippen LogP contribution is 2.34. The summed E-state index contributed by atoms with van der Waals surface area (Å²) in [5.41, 5.74) is 8.42. The van der Waals surface area contributed by atoms with Crippen molar-refractivity contribution in [3.63, 3.8) is 0 Å². The maximum absolute atomic E-state index is 12.1. The summed E-state index contributed by atoms with van der Waals surface area (Å²) in [6.07, 6.45) is 7.21. The van der Waals surface area contributed by atoms with Gasteiger partial charge in [0.2, 0.25) is 5.91 Å². The van der Waals surface area contributed by atoms with Crippen LogP contribution in [0.4, 0.5) is 0 Å². The molecule has 1 unspecified atom stereocenters. The van der Waals surface area contributed by atoms with Gasteiger partial charge in [-0.25, -0.2) is 4.98 Å². The molecular weight excluding hydrogens is 366 g/mol. The molecule has 0 saturated heterocycles. The Morgan fingerprint density at radius 1 is 1.10 bits per heavy atom. The first-order chi connectivity index (χ1) is 14.2. The van der Waals surface area contributed by atoms with Crippen molar-refractivity contribution in [2.24, 2.45) is 5.73 Å². The maximum atomic E-state index is 12.1. The van der Waals surface area contributed by atoms with Crippen molar-refractivity contribution in [3.05, 3.63) is 42.1 Å². The van der Waals surface area contributed by atoms with Crippen molar-refractivity contribution in [2.45, 2.75) is 58.4 Å². The molecule has 29 heavy (non-hydrogen) atoms. The van der Waals surface area contributed by atoms with E-state index in [1.54, 1.807) is 6.20 Å².